The summed E-state index contributed by atoms with van der Waals surface area (Å²) in [5, 5.41) is 2.85. The first-order chi connectivity index (χ1) is 14.3. The molecule has 3 aromatic carbocycles. The van der Waals surface area contributed by atoms with Gasteiger partial charge in [-0.25, -0.2) is 8.42 Å². The Labute approximate surface area is 185 Å². The summed E-state index contributed by atoms with van der Waals surface area (Å²) in [6.07, 6.45) is 0. The Morgan fingerprint density at radius 1 is 0.933 bits per heavy atom. The second kappa shape index (κ2) is 9.55. The van der Waals surface area contributed by atoms with Crippen molar-refractivity contribution in [1.29, 1.82) is 0 Å². The van der Waals surface area contributed by atoms with Gasteiger partial charge in [-0.1, -0.05) is 58.4 Å². The van der Waals surface area contributed by atoms with Crippen molar-refractivity contribution in [2.24, 2.45) is 0 Å². The number of carbonyl (C=O) groups is 1. The number of amides is 1. The molecule has 30 heavy (non-hydrogen) atoms. The normalized spacial score (nSPS) is 11.5. The van der Waals surface area contributed by atoms with E-state index in [4.69, 9.17) is 0 Å². The molecule has 0 saturated carbocycles. The molecule has 3 aromatic rings. The SMILES string of the molecule is Cc1cccc(NC(=O)CN(Cc2ccccc2)S(=O)(=O)c2ccc(Br)cc2)c1C. The van der Waals surface area contributed by atoms with Gasteiger partial charge in [-0.05, 0) is 60.9 Å². The lowest BCUT2D eigenvalue weighted by Crippen LogP contribution is -2.37. The average Bonchev–Trinajstić information content (AvgIpc) is 2.72. The van der Waals surface area contributed by atoms with E-state index < -0.39 is 10.0 Å². The largest absolute Gasteiger partial charge is 0.325 e. The fourth-order valence-corrected chi connectivity index (χ4v) is 4.65. The van der Waals surface area contributed by atoms with Crippen LogP contribution in [0.25, 0.3) is 0 Å². The highest BCUT2D eigenvalue weighted by atomic mass is 79.9. The van der Waals surface area contributed by atoms with Crippen molar-refractivity contribution in [2.45, 2.75) is 25.3 Å². The molecular weight excluding hydrogens is 464 g/mol. The summed E-state index contributed by atoms with van der Waals surface area (Å²) in [6.45, 7) is 3.69. The zero-order valence-corrected chi connectivity index (χ0v) is 19.2. The van der Waals surface area contributed by atoms with Gasteiger partial charge in [0.15, 0.2) is 0 Å². The van der Waals surface area contributed by atoms with Gasteiger partial charge in [0.1, 0.15) is 0 Å². The average molecular weight is 487 g/mol. The Hall–Kier alpha value is -2.48. The highest BCUT2D eigenvalue weighted by Crippen LogP contribution is 2.22. The van der Waals surface area contributed by atoms with Crippen molar-refractivity contribution < 1.29 is 13.2 Å². The summed E-state index contributed by atoms with van der Waals surface area (Å²) < 4.78 is 28.6. The zero-order chi connectivity index (χ0) is 21.7. The molecule has 7 heteroatoms. The molecule has 0 atom stereocenters. The van der Waals surface area contributed by atoms with E-state index in [1.54, 1.807) is 12.1 Å². The van der Waals surface area contributed by atoms with Crippen LogP contribution in [0.2, 0.25) is 0 Å². The van der Waals surface area contributed by atoms with Gasteiger partial charge < -0.3 is 5.32 Å². The molecule has 156 valence electrons. The van der Waals surface area contributed by atoms with Crippen LogP contribution in [0.15, 0.2) is 82.2 Å². The van der Waals surface area contributed by atoms with Crippen LogP contribution in [-0.2, 0) is 21.4 Å². The third kappa shape index (κ3) is 5.36. The molecule has 0 aliphatic heterocycles. The predicted octanol–water partition coefficient (Wildman–Crippen LogP) is 4.90. The second-order valence-electron chi connectivity index (χ2n) is 7.01. The van der Waals surface area contributed by atoms with Gasteiger partial charge in [0.05, 0.1) is 11.4 Å². The van der Waals surface area contributed by atoms with Crippen molar-refractivity contribution in [1.82, 2.24) is 4.31 Å². The number of rotatable bonds is 7. The Kier molecular flexibility index (Phi) is 7.07. The van der Waals surface area contributed by atoms with Crippen LogP contribution in [0.1, 0.15) is 16.7 Å². The van der Waals surface area contributed by atoms with Crippen molar-refractivity contribution in [3.8, 4) is 0 Å². The summed E-state index contributed by atoms with van der Waals surface area (Å²) in [7, 11) is -3.87. The fourth-order valence-electron chi connectivity index (χ4n) is 3.00. The van der Waals surface area contributed by atoms with E-state index in [-0.39, 0.29) is 23.9 Å². The summed E-state index contributed by atoms with van der Waals surface area (Å²) >= 11 is 3.32. The smallest absolute Gasteiger partial charge is 0.243 e. The molecule has 5 nitrogen and oxygen atoms in total. The van der Waals surface area contributed by atoms with E-state index in [1.807, 2.05) is 62.4 Å². The van der Waals surface area contributed by atoms with Crippen molar-refractivity contribution in [2.75, 3.05) is 11.9 Å². The molecule has 0 fully saturated rings. The monoisotopic (exact) mass is 486 g/mol. The number of benzene rings is 3. The summed E-state index contributed by atoms with van der Waals surface area (Å²) in [5.74, 6) is -0.389. The molecule has 0 unspecified atom stereocenters. The number of aryl methyl sites for hydroxylation is 1. The van der Waals surface area contributed by atoms with E-state index in [2.05, 4.69) is 21.2 Å². The van der Waals surface area contributed by atoms with Crippen LogP contribution in [0.3, 0.4) is 0 Å². The molecule has 0 aromatic heterocycles. The second-order valence-corrected chi connectivity index (χ2v) is 9.86. The summed E-state index contributed by atoms with van der Waals surface area (Å²) in [6, 6.07) is 21.3. The first-order valence-corrected chi connectivity index (χ1v) is 11.7. The Morgan fingerprint density at radius 3 is 2.27 bits per heavy atom. The molecule has 0 aliphatic carbocycles. The minimum absolute atomic E-state index is 0.0967. The maximum atomic E-state index is 13.3. The van der Waals surface area contributed by atoms with Gasteiger partial charge in [0.25, 0.3) is 0 Å². The molecule has 1 N–H and O–H groups in total. The lowest BCUT2D eigenvalue weighted by atomic mass is 10.1. The zero-order valence-electron chi connectivity index (χ0n) is 16.8. The van der Waals surface area contributed by atoms with Crippen LogP contribution in [-0.4, -0.2) is 25.2 Å². The van der Waals surface area contributed by atoms with E-state index in [1.165, 1.54) is 16.4 Å². The van der Waals surface area contributed by atoms with Gasteiger partial charge in [-0.3, -0.25) is 4.79 Å². The molecule has 0 saturated heterocycles. The fraction of sp³-hybridized carbons (Fsp3) is 0.174. The first kappa shape index (κ1) is 22.2. The quantitative estimate of drug-likeness (QED) is 0.516. The van der Waals surface area contributed by atoms with Crippen LogP contribution in [0, 0.1) is 13.8 Å². The molecule has 0 heterocycles. The Balaban J connectivity index is 1.88. The number of hydrogen-bond acceptors (Lipinski definition) is 3. The maximum absolute atomic E-state index is 13.3. The summed E-state index contributed by atoms with van der Waals surface area (Å²) in [4.78, 5) is 12.9. The third-order valence-electron chi connectivity index (χ3n) is 4.85. The topological polar surface area (TPSA) is 66.5 Å². The first-order valence-electron chi connectivity index (χ1n) is 9.43. The number of anilines is 1. The highest BCUT2D eigenvalue weighted by molar-refractivity contribution is 9.10. The van der Waals surface area contributed by atoms with E-state index in [9.17, 15) is 13.2 Å². The van der Waals surface area contributed by atoms with Crippen molar-refractivity contribution >= 4 is 37.5 Å². The molecule has 1 amide bonds. The Bertz CT molecular complexity index is 1130. The van der Waals surface area contributed by atoms with Gasteiger partial charge in [0, 0.05) is 16.7 Å². The summed E-state index contributed by atoms with van der Waals surface area (Å²) in [5.41, 5.74) is 3.49. The number of halogens is 1. The van der Waals surface area contributed by atoms with Crippen LogP contribution in [0.5, 0.6) is 0 Å². The molecule has 0 aliphatic rings. The van der Waals surface area contributed by atoms with Crippen LogP contribution >= 0.6 is 15.9 Å². The third-order valence-corrected chi connectivity index (χ3v) is 7.19. The van der Waals surface area contributed by atoms with Crippen molar-refractivity contribution in [3.05, 3.63) is 94.0 Å². The van der Waals surface area contributed by atoms with Gasteiger partial charge in [0.2, 0.25) is 15.9 Å². The number of hydrogen-bond donors (Lipinski definition) is 1. The van der Waals surface area contributed by atoms with Gasteiger partial charge in [-0.2, -0.15) is 4.31 Å². The van der Waals surface area contributed by atoms with E-state index in [0.29, 0.717) is 5.69 Å². The highest BCUT2D eigenvalue weighted by Gasteiger charge is 2.27. The van der Waals surface area contributed by atoms with Crippen molar-refractivity contribution in [3.63, 3.8) is 0 Å². The molecule has 3 rings (SSSR count). The lowest BCUT2D eigenvalue weighted by molar-refractivity contribution is -0.116. The number of carbonyl (C=O) groups excluding carboxylic acids is 1. The maximum Gasteiger partial charge on any atom is 0.243 e. The molecular formula is C23H23BrN2O3S. The van der Waals surface area contributed by atoms with E-state index >= 15 is 0 Å². The number of nitrogens with one attached hydrogen (secondary N) is 1. The van der Waals surface area contributed by atoms with Gasteiger partial charge in [-0.15, -0.1) is 0 Å². The Morgan fingerprint density at radius 2 is 1.60 bits per heavy atom. The number of sulfonamides is 1. The van der Waals surface area contributed by atoms with Crippen LogP contribution < -0.4 is 5.32 Å². The molecule has 0 spiro atoms. The van der Waals surface area contributed by atoms with Gasteiger partial charge >= 0.3 is 0 Å². The minimum Gasteiger partial charge on any atom is -0.325 e. The molecule has 0 bridgehead atoms. The molecule has 0 radical (unpaired) electrons. The van der Waals surface area contributed by atoms with Crippen LogP contribution in [0.4, 0.5) is 5.69 Å². The minimum atomic E-state index is -3.87. The number of nitrogens with zero attached hydrogens (tertiary/aromatic N) is 1. The lowest BCUT2D eigenvalue weighted by Gasteiger charge is -2.22. The predicted molar refractivity (Wildman–Crippen MR) is 123 cm³/mol. The van der Waals surface area contributed by atoms with E-state index in [0.717, 1.165) is 21.2 Å². The standard InChI is InChI=1S/C23H23BrN2O3S/c1-17-7-6-10-22(18(17)2)25-23(27)16-26(15-19-8-4-3-5-9-19)30(28,29)21-13-11-20(24)12-14-21/h3-14H,15-16H2,1-2H3,(H,25,27).